The molecule has 0 amide bonds. The Morgan fingerprint density at radius 2 is 1.62 bits per heavy atom. The molecule has 5 nitrogen and oxygen atoms in total. The smallest absolute Gasteiger partial charge is 0.438 e. The molecular formula is C17H16F11N3O2S. The third kappa shape index (κ3) is 6.03. The van der Waals surface area contributed by atoms with Crippen LogP contribution in [0.2, 0.25) is 0 Å². The number of aryl methyl sites for hydroxylation is 1. The van der Waals surface area contributed by atoms with Crippen LogP contribution >= 0.6 is 11.3 Å². The van der Waals surface area contributed by atoms with Crippen molar-refractivity contribution in [2.45, 2.75) is 68.0 Å². The van der Waals surface area contributed by atoms with Crippen LogP contribution in [-0.2, 0) is 16.0 Å². The fourth-order valence-corrected chi connectivity index (χ4v) is 3.90. The molecule has 0 radical (unpaired) electrons. The number of nitrogens with zero attached hydrogens (tertiary/aromatic N) is 3. The standard InChI is InChI=1S/C17H16F11N3O2S/c1-33-12(32)4-2-3-9-5-6-11(34-9)10(30-31-29)7-8-13(18,19)15(21,22)14(20,16(23,24)25)17(26,27)28/h5-6,10H,2-4,7-8H2,1H3. The van der Waals surface area contributed by atoms with Crippen molar-refractivity contribution in [3.8, 4) is 0 Å². The van der Waals surface area contributed by atoms with Gasteiger partial charge < -0.3 is 4.74 Å². The third-order valence-corrected chi connectivity index (χ3v) is 5.88. The van der Waals surface area contributed by atoms with E-state index < -0.39 is 54.7 Å². The Hall–Kier alpha value is -2.29. The first-order chi connectivity index (χ1) is 15.4. The van der Waals surface area contributed by atoms with E-state index in [4.69, 9.17) is 5.53 Å². The first-order valence-electron chi connectivity index (χ1n) is 9.13. The highest BCUT2D eigenvalue weighted by Crippen LogP contribution is 2.60. The Morgan fingerprint density at radius 1 is 1.06 bits per heavy atom. The zero-order valence-electron chi connectivity index (χ0n) is 17.0. The second kappa shape index (κ2) is 10.5. The molecule has 0 saturated carbocycles. The lowest BCUT2D eigenvalue weighted by molar-refractivity contribution is -0.427. The van der Waals surface area contributed by atoms with Gasteiger partial charge in [0.25, 0.3) is 0 Å². The van der Waals surface area contributed by atoms with Crippen LogP contribution in [0.3, 0.4) is 0 Å². The van der Waals surface area contributed by atoms with Crippen molar-refractivity contribution in [1.29, 1.82) is 0 Å². The number of rotatable bonds is 11. The highest BCUT2D eigenvalue weighted by Gasteiger charge is 2.89. The fraction of sp³-hybridized carbons (Fsp3) is 0.706. The Labute approximate surface area is 188 Å². The number of methoxy groups -OCH3 is 1. The number of halogens is 11. The summed E-state index contributed by atoms with van der Waals surface area (Å²) >= 11 is 0.829. The van der Waals surface area contributed by atoms with Crippen molar-refractivity contribution in [3.63, 3.8) is 0 Å². The molecule has 1 aromatic rings. The van der Waals surface area contributed by atoms with Crippen molar-refractivity contribution in [1.82, 2.24) is 0 Å². The van der Waals surface area contributed by atoms with Gasteiger partial charge in [0.2, 0.25) is 0 Å². The highest BCUT2D eigenvalue weighted by atomic mass is 32.1. The molecular weight excluding hydrogens is 519 g/mol. The Bertz CT molecular complexity index is 878. The van der Waals surface area contributed by atoms with Gasteiger partial charge in [-0.1, -0.05) is 5.11 Å². The predicted molar refractivity (Wildman–Crippen MR) is 96.2 cm³/mol. The number of thiophene rings is 1. The lowest BCUT2D eigenvalue weighted by Gasteiger charge is -2.39. The minimum Gasteiger partial charge on any atom is -0.469 e. The molecule has 0 spiro atoms. The maximum absolute atomic E-state index is 14.0. The topological polar surface area (TPSA) is 75.1 Å². The van der Waals surface area contributed by atoms with Gasteiger partial charge in [0.05, 0.1) is 13.2 Å². The van der Waals surface area contributed by atoms with Crippen LogP contribution in [0.5, 0.6) is 0 Å². The van der Waals surface area contributed by atoms with Crippen LogP contribution in [0.25, 0.3) is 10.4 Å². The third-order valence-electron chi connectivity index (χ3n) is 4.64. The molecule has 0 fully saturated rings. The van der Waals surface area contributed by atoms with Crippen LogP contribution in [0.15, 0.2) is 17.2 Å². The molecule has 0 aliphatic rings. The molecule has 1 unspecified atom stereocenters. The summed E-state index contributed by atoms with van der Waals surface area (Å²) in [6.07, 6.45) is -17.9. The van der Waals surface area contributed by atoms with Gasteiger partial charge in [-0.2, -0.15) is 43.9 Å². The van der Waals surface area contributed by atoms with Crippen molar-refractivity contribution < 1.29 is 57.8 Å². The van der Waals surface area contributed by atoms with Crippen LogP contribution in [0.4, 0.5) is 48.3 Å². The molecule has 0 aliphatic carbocycles. The van der Waals surface area contributed by atoms with Gasteiger partial charge in [-0.25, -0.2) is 4.39 Å². The van der Waals surface area contributed by atoms with Crippen LogP contribution in [0.1, 0.15) is 41.5 Å². The van der Waals surface area contributed by atoms with E-state index in [1.54, 1.807) is 0 Å². The summed E-state index contributed by atoms with van der Waals surface area (Å²) in [7, 11) is 1.16. The highest BCUT2D eigenvalue weighted by molar-refractivity contribution is 7.12. The zero-order valence-corrected chi connectivity index (χ0v) is 17.8. The predicted octanol–water partition coefficient (Wildman–Crippen LogP) is 7.48. The molecule has 0 aromatic carbocycles. The minimum absolute atomic E-state index is 0.0110. The molecule has 1 atom stereocenters. The molecule has 34 heavy (non-hydrogen) atoms. The molecule has 1 heterocycles. The summed E-state index contributed by atoms with van der Waals surface area (Å²) in [5.74, 6) is -13.9. The van der Waals surface area contributed by atoms with Crippen molar-refractivity contribution >= 4 is 17.3 Å². The Kier molecular flexibility index (Phi) is 9.22. The second-order valence-corrected chi connectivity index (χ2v) is 8.13. The maximum atomic E-state index is 14.0. The van der Waals surface area contributed by atoms with Crippen LogP contribution in [0, 0.1) is 0 Å². The van der Waals surface area contributed by atoms with E-state index in [2.05, 4.69) is 14.8 Å². The summed E-state index contributed by atoms with van der Waals surface area (Å²) in [5, 5.41) is 3.07. The SMILES string of the molecule is COC(=O)CCCc1ccc(C(CCC(F)(F)C(F)(F)C(F)(C(F)(F)F)C(F)(F)F)N=[N+]=[N-])s1. The van der Waals surface area contributed by atoms with Gasteiger partial charge in [0.1, 0.15) is 0 Å². The van der Waals surface area contributed by atoms with E-state index in [0.29, 0.717) is 4.88 Å². The maximum Gasteiger partial charge on any atom is 0.438 e. The summed E-state index contributed by atoms with van der Waals surface area (Å²) in [6.45, 7) is 0. The number of alkyl halides is 11. The van der Waals surface area contributed by atoms with E-state index in [9.17, 15) is 53.1 Å². The molecule has 194 valence electrons. The van der Waals surface area contributed by atoms with Crippen molar-refractivity contribution in [2.24, 2.45) is 5.11 Å². The zero-order chi connectivity index (χ0) is 26.6. The number of ether oxygens (including phenoxy) is 1. The number of azide groups is 1. The first kappa shape index (κ1) is 29.7. The monoisotopic (exact) mass is 535 g/mol. The van der Waals surface area contributed by atoms with E-state index in [1.165, 1.54) is 12.1 Å². The molecule has 1 rings (SSSR count). The molecule has 0 aliphatic heterocycles. The van der Waals surface area contributed by atoms with E-state index >= 15 is 0 Å². The number of carbonyl (C=O) groups is 1. The average Bonchev–Trinajstić information content (AvgIpc) is 3.16. The van der Waals surface area contributed by atoms with Gasteiger partial charge in [-0.15, -0.1) is 11.3 Å². The largest absolute Gasteiger partial charge is 0.469 e. The Morgan fingerprint density at radius 3 is 2.09 bits per heavy atom. The van der Waals surface area contributed by atoms with E-state index in [1.807, 2.05) is 0 Å². The quantitative estimate of drug-likeness (QED) is 0.0969. The molecule has 17 heteroatoms. The molecule has 0 bridgehead atoms. The molecule has 1 aromatic heterocycles. The van der Waals surface area contributed by atoms with Crippen molar-refractivity contribution in [2.75, 3.05) is 7.11 Å². The second-order valence-electron chi connectivity index (χ2n) is 6.93. The number of hydrogen-bond acceptors (Lipinski definition) is 4. The summed E-state index contributed by atoms with van der Waals surface area (Å²) in [6, 6.07) is 0.958. The minimum atomic E-state index is -7.53. The van der Waals surface area contributed by atoms with Gasteiger partial charge in [-0.3, -0.25) is 4.79 Å². The number of esters is 1. The van der Waals surface area contributed by atoms with Gasteiger partial charge in [0.15, 0.2) is 0 Å². The summed E-state index contributed by atoms with van der Waals surface area (Å²) in [4.78, 5) is 13.9. The summed E-state index contributed by atoms with van der Waals surface area (Å²) in [5.41, 5.74) is 1.06. The normalized spacial score (nSPS) is 14.5. The van der Waals surface area contributed by atoms with Crippen LogP contribution < -0.4 is 0 Å². The van der Waals surface area contributed by atoms with Gasteiger partial charge in [0, 0.05) is 27.5 Å². The molecule has 0 saturated heterocycles. The Balaban J connectivity index is 3.10. The van der Waals surface area contributed by atoms with E-state index in [-0.39, 0.29) is 24.1 Å². The summed E-state index contributed by atoms with van der Waals surface area (Å²) < 4.78 is 149. The van der Waals surface area contributed by atoms with E-state index in [0.717, 1.165) is 18.4 Å². The fourth-order valence-electron chi connectivity index (χ4n) is 2.78. The van der Waals surface area contributed by atoms with Gasteiger partial charge >= 0.3 is 35.8 Å². The lowest BCUT2D eigenvalue weighted by Crippen LogP contribution is -2.70. The first-order valence-corrected chi connectivity index (χ1v) is 9.95. The van der Waals surface area contributed by atoms with Crippen molar-refractivity contribution in [3.05, 3.63) is 32.3 Å². The van der Waals surface area contributed by atoms with Gasteiger partial charge in [-0.05, 0) is 36.9 Å². The van der Waals surface area contributed by atoms with Crippen LogP contribution in [-0.4, -0.2) is 42.9 Å². The number of hydrogen-bond donors (Lipinski definition) is 0. The lowest BCUT2D eigenvalue weighted by atomic mass is 9.88. The molecule has 0 N–H and O–H groups in total. The average molecular weight is 535 g/mol. The number of carbonyl (C=O) groups excluding carboxylic acids is 1.